The van der Waals surface area contributed by atoms with Gasteiger partial charge < -0.3 is 0 Å². The molecular formula is C16H13BrS. The number of thiophene rings is 1. The lowest BCUT2D eigenvalue weighted by Gasteiger charge is -2.13. The van der Waals surface area contributed by atoms with Crippen LogP contribution in [0.3, 0.4) is 0 Å². The van der Waals surface area contributed by atoms with Crippen molar-refractivity contribution < 1.29 is 0 Å². The van der Waals surface area contributed by atoms with Crippen LogP contribution in [0.4, 0.5) is 0 Å². The van der Waals surface area contributed by atoms with Crippen molar-refractivity contribution >= 4 is 38.0 Å². The van der Waals surface area contributed by atoms with Gasteiger partial charge in [-0.05, 0) is 51.2 Å². The molecule has 0 amide bonds. The van der Waals surface area contributed by atoms with Gasteiger partial charge in [0.2, 0.25) is 0 Å². The second kappa shape index (κ2) is 4.87. The van der Waals surface area contributed by atoms with Crippen LogP contribution in [0.5, 0.6) is 0 Å². The molecule has 0 nitrogen and oxygen atoms in total. The molecule has 18 heavy (non-hydrogen) atoms. The molecule has 0 N–H and O–H groups in total. The molecule has 0 aliphatic rings. The van der Waals surface area contributed by atoms with Crippen LogP contribution in [0.2, 0.25) is 0 Å². The molecule has 3 rings (SSSR count). The van der Waals surface area contributed by atoms with E-state index in [1.54, 1.807) is 11.3 Å². The van der Waals surface area contributed by atoms with E-state index in [9.17, 15) is 0 Å². The third-order valence-corrected chi connectivity index (χ3v) is 5.01. The Kier molecular flexibility index (Phi) is 3.23. The summed E-state index contributed by atoms with van der Waals surface area (Å²) in [6.45, 7) is 2.17. The van der Waals surface area contributed by atoms with E-state index in [2.05, 4.69) is 76.1 Å². The highest BCUT2D eigenvalue weighted by molar-refractivity contribution is 9.09. The minimum atomic E-state index is 0.272. The second-order valence-corrected chi connectivity index (χ2v) is 6.13. The van der Waals surface area contributed by atoms with E-state index in [0.29, 0.717) is 0 Å². The van der Waals surface area contributed by atoms with Gasteiger partial charge in [0.25, 0.3) is 0 Å². The maximum Gasteiger partial charge on any atom is 0.0658 e. The maximum absolute atomic E-state index is 3.83. The molecule has 90 valence electrons. The predicted molar refractivity (Wildman–Crippen MR) is 83.8 cm³/mol. The fraction of sp³-hybridized carbons (Fsp3) is 0.125. The third kappa shape index (κ3) is 2.00. The zero-order valence-corrected chi connectivity index (χ0v) is 12.5. The van der Waals surface area contributed by atoms with Crippen molar-refractivity contribution in [1.82, 2.24) is 0 Å². The minimum Gasteiger partial charge on any atom is -0.152 e. The van der Waals surface area contributed by atoms with Gasteiger partial charge >= 0.3 is 0 Å². The third-order valence-electron chi connectivity index (χ3n) is 3.28. The van der Waals surface area contributed by atoms with Crippen molar-refractivity contribution in [2.24, 2.45) is 0 Å². The number of benzene rings is 2. The quantitative estimate of drug-likeness (QED) is 0.532. The summed E-state index contributed by atoms with van der Waals surface area (Å²) < 4.78 is 0. The normalized spacial score (nSPS) is 12.8. The first-order valence-electron chi connectivity index (χ1n) is 5.92. The highest BCUT2D eigenvalue weighted by Crippen LogP contribution is 2.36. The number of halogens is 1. The monoisotopic (exact) mass is 316 g/mol. The van der Waals surface area contributed by atoms with Crippen molar-refractivity contribution in [2.75, 3.05) is 0 Å². The van der Waals surface area contributed by atoms with Crippen LogP contribution in [0.25, 0.3) is 10.8 Å². The fourth-order valence-electron chi connectivity index (χ4n) is 2.29. The summed E-state index contributed by atoms with van der Waals surface area (Å²) in [6.07, 6.45) is 0. The van der Waals surface area contributed by atoms with E-state index in [1.165, 1.54) is 27.5 Å². The molecule has 0 saturated heterocycles. The Labute approximate surface area is 119 Å². The molecule has 0 radical (unpaired) electrons. The predicted octanol–water partition coefficient (Wildman–Crippen LogP) is 5.69. The van der Waals surface area contributed by atoms with Gasteiger partial charge in [0, 0.05) is 0 Å². The molecule has 2 aromatic carbocycles. The van der Waals surface area contributed by atoms with E-state index in [-0.39, 0.29) is 4.83 Å². The van der Waals surface area contributed by atoms with Crippen LogP contribution >= 0.6 is 27.3 Å². The molecule has 3 aromatic rings. The van der Waals surface area contributed by atoms with Crippen LogP contribution in [0, 0.1) is 6.92 Å². The van der Waals surface area contributed by atoms with E-state index < -0.39 is 0 Å². The molecule has 0 fully saturated rings. The van der Waals surface area contributed by atoms with Gasteiger partial charge in [-0.15, -0.1) is 0 Å². The number of alkyl halides is 1. The lowest BCUT2D eigenvalue weighted by Crippen LogP contribution is -1.93. The number of rotatable bonds is 2. The zero-order valence-electron chi connectivity index (χ0n) is 10.1. The Morgan fingerprint density at radius 2 is 1.78 bits per heavy atom. The van der Waals surface area contributed by atoms with Crippen molar-refractivity contribution in [2.45, 2.75) is 11.8 Å². The summed E-state index contributed by atoms with van der Waals surface area (Å²) in [7, 11) is 0. The summed E-state index contributed by atoms with van der Waals surface area (Å²) in [5.74, 6) is 0. The van der Waals surface area contributed by atoms with E-state index >= 15 is 0 Å². The summed E-state index contributed by atoms with van der Waals surface area (Å²) in [5, 5.41) is 7.01. The highest BCUT2D eigenvalue weighted by Gasteiger charge is 2.14. The van der Waals surface area contributed by atoms with E-state index in [1.807, 2.05) is 0 Å². The highest BCUT2D eigenvalue weighted by atomic mass is 79.9. The van der Waals surface area contributed by atoms with Crippen LogP contribution in [0.1, 0.15) is 21.5 Å². The summed E-state index contributed by atoms with van der Waals surface area (Å²) in [4.78, 5) is 0.272. The van der Waals surface area contributed by atoms with Crippen molar-refractivity contribution in [3.05, 3.63) is 69.9 Å². The second-order valence-electron chi connectivity index (χ2n) is 4.44. The average Bonchev–Trinajstić information content (AvgIpc) is 2.93. The first kappa shape index (κ1) is 11.9. The van der Waals surface area contributed by atoms with Crippen molar-refractivity contribution in [3.8, 4) is 0 Å². The van der Waals surface area contributed by atoms with Crippen molar-refractivity contribution in [3.63, 3.8) is 0 Å². The molecule has 1 heterocycles. The van der Waals surface area contributed by atoms with Crippen LogP contribution in [0.15, 0.2) is 53.2 Å². The molecule has 1 aromatic heterocycles. The Bertz CT molecular complexity index is 671. The van der Waals surface area contributed by atoms with Crippen LogP contribution in [-0.4, -0.2) is 0 Å². The van der Waals surface area contributed by atoms with Gasteiger partial charge in [0.15, 0.2) is 0 Å². The summed E-state index contributed by atoms with van der Waals surface area (Å²) >= 11 is 5.57. The molecule has 1 unspecified atom stereocenters. The number of aryl methyl sites for hydroxylation is 1. The summed E-state index contributed by atoms with van der Waals surface area (Å²) in [5.41, 5.74) is 4.00. The average molecular weight is 317 g/mol. The number of fused-ring (bicyclic) bond motifs is 1. The van der Waals surface area contributed by atoms with Gasteiger partial charge in [0.05, 0.1) is 4.83 Å². The molecule has 0 aliphatic heterocycles. The lowest BCUT2D eigenvalue weighted by atomic mass is 9.97. The Balaban J connectivity index is 2.21. The first-order chi connectivity index (χ1) is 8.77. The SMILES string of the molecule is Cc1ccc(C(Br)c2ccsc2)c2ccccc12. The minimum absolute atomic E-state index is 0.272. The van der Waals surface area contributed by atoms with E-state index in [0.717, 1.165) is 0 Å². The zero-order chi connectivity index (χ0) is 12.5. The number of hydrogen-bond acceptors (Lipinski definition) is 1. The van der Waals surface area contributed by atoms with Crippen LogP contribution in [-0.2, 0) is 0 Å². The van der Waals surface area contributed by atoms with Gasteiger partial charge in [0.1, 0.15) is 0 Å². The molecule has 2 heteroatoms. The molecule has 0 saturated carbocycles. The first-order valence-corrected chi connectivity index (χ1v) is 7.77. The summed E-state index contributed by atoms with van der Waals surface area (Å²) in [6, 6.07) is 15.2. The van der Waals surface area contributed by atoms with Gasteiger partial charge in [-0.25, -0.2) is 0 Å². The molecule has 0 aliphatic carbocycles. The lowest BCUT2D eigenvalue weighted by molar-refractivity contribution is 1.21. The van der Waals surface area contributed by atoms with E-state index in [4.69, 9.17) is 0 Å². The molecule has 1 atom stereocenters. The molecular weight excluding hydrogens is 304 g/mol. The number of hydrogen-bond donors (Lipinski definition) is 0. The largest absolute Gasteiger partial charge is 0.152 e. The van der Waals surface area contributed by atoms with Gasteiger partial charge in [-0.2, -0.15) is 11.3 Å². The maximum atomic E-state index is 3.83. The molecule has 0 spiro atoms. The standard InChI is InChI=1S/C16H13BrS/c1-11-6-7-15(14-5-3-2-4-13(11)14)16(17)12-8-9-18-10-12/h2-10,16H,1H3. The fourth-order valence-corrected chi connectivity index (χ4v) is 3.84. The Morgan fingerprint density at radius 3 is 2.50 bits per heavy atom. The molecule has 0 bridgehead atoms. The Morgan fingerprint density at radius 1 is 1.00 bits per heavy atom. The topological polar surface area (TPSA) is 0 Å². The Hall–Kier alpha value is -1.12. The smallest absolute Gasteiger partial charge is 0.0658 e. The van der Waals surface area contributed by atoms with Crippen LogP contribution < -0.4 is 0 Å². The van der Waals surface area contributed by atoms with Crippen molar-refractivity contribution in [1.29, 1.82) is 0 Å². The van der Waals surface area contributed by atoms with Gasteiger partial charge in [-0.3, -0.25) is 0 Å². The van der Waals surface area contributed by atoms with Gasteiger partial charge in [-0.1, -0.05) is 52.3 Å².